The fourth-order valence-electron chi connectivity index (χ4n) is 4.61. The number of nitrogens with two attached hydrogens (primary N) is 1. The number of hydrogen-bond acceptors (Lipinski definition) is 8. The number of methoxy groups -OCH3 is 2. The first kappa shape index (κ1) is 27.7. The molecule has 1 aliphatic rings. The molecular weight excluding hydrogens is 508 g/mol. The zero-order valence-electron chi connectivity index (χ0n) is 22.3. The van der Waals surface area contributed by atoms with E-state index in [2.05, 4.69) is 11.4 Å². The van der Waals surface area contributed by atoms with Crippen molar-refractivity contribution in [1.29, 1.82) is 5.26 Å². The second-order valence-electron chi connectivity index (χ2n) is 9.02. The summed E-state index contributed by atoms with van der Waals surface area (Å²) in [7, 11) is 2.34. The monoisotopic (exact) mass is 536 g/mol. The van der Waals surface area contributed by atoms with Crippen molar-refractivity contribution in [3.63, 3.8) is 0 Å². The fourth-order valence-corrected chi connectivity index (χ4v) is 4.61. The van der Waals surface area contributed by atoms with Crippen LogP contribution in [-0.2, 0) is 25.6 Å². The summed E-state index contributed by atoms with van der Waals surface area (Å²) < 4.78 is 10.1. The highest BCUT2D eigenvalue weighted by molar-refractivity contribution is 6.08. The van der Waals surface area contributed by atoms with Crippen molar-refractivity contribution in [2.75, 3.05) is 19.1 Å². The summed E-state index contributed by atoms with van der Waals surface area (Å²) in [6.07, 6.45) is 0. The summed E-state index contributed by atoms with van der Waals surface area (Å²) in [5.74, 6) is -3.32. The van der Waals surface area contributed by atoms with Gasteiger partial charge in [-0.15, -0.1) is 0 Å². The van der Waals surface area contributed by atoms with Gasteiger partial charge in [0.1, 0.15) is 11.5 Å². The summed E-state index contributed by atoms with van der Waals surface area (Å²) in [4.78, 5) is 41.2. The Morgan fingerprint density at radius 2 is 1.55 bits per heavy atom. The summed E-state index contributed by atoms with van der Waals surface area (Å²) in [5, 5.41) is 13.1. The van der Waals surface area contributed by atoms with Gasteiger partial charge >= 0.3 is 11.9 Å². The first-order valence-electron chi connectivity index (χ1n) is 12.4. The number of ether oxygens (including phenoxy) is 2. The number of aryl methyl sites for hydroxylation is 1. The van der Waals surface area contributed by atoms with E-state index < -0.39 is 23.8 Å². The molecule has 1 aliphatic heterocycles. The second-order valence-corrected chi connectivity index (χ2v) is 9.02. The molecule has 9 nitrogen and oxygen atoms in total. The SMILES string of the molecule is COC(=O)C1=C(C(=O)OC)N(c2ccccc2C(=O)NCc2ccc(C)cc2)C(N)=C(C#N)C1c1ccccc1. The molecule has 3 aromatic carbocycles. The second kappa shape index (κ2) is 12.0. The van der Waals surface area contributed by atoms with E-state index in [9.17, 15) is 19.6 Å². The third-order valence-electron chi connectivity index (χ3n) is 6.57. The molecule has 1 atom stereocenters. The molecule has 1 amide bonds. The summed E-state index contributed by atoms with van der Waals surface area (Å²) in [5.41, 5.74) is 9.10. The van der Waals surface area contributed by atoms with Gasteiger partial charge in [0.15, 0.2) is 0 Å². The first-order chi connectivity index (χ1) is 19.3. The number of rotatable bonds is 7. The van der Waals surface area contributed by atoms with Crippen LogP contribution in [0.25, 0.3) is 0 Å². The van der Waals surface area contributed by atoms with Crippen LogP contribution in [0.2, 0.25) is 0 Å². The number of nitrogens with zero attached hydrogens (tertiary/aromatic N) is 2. The van der Waals surface area contributed by atoms with Crippen LogP contribution < -0.4 is 16.0 Å². The van der Waals surface area contributed by atoms with E-state index in [0.29, 0.717) is 5.56 Å². The average molecular weight is 537 g/mol. The summed E-state index contributed by atoms with van der Waals surface area (Å²) in [6.45, 7) is 2.23. The van der Waals surface area contributed by atoms with E-state index in [1.54, 1.807) is 54.6 Å². The molecule has 0 saturated heterocycles. The maximum atomic E-state index is 13.4. The van der Waals surface area contributed by atoms with Crippen molar-refractivity contribution in [1.82, 2.24) is 5.32 Å². The molecule has 0 bridgehead atoms. The molecule has 0 spiro atoms. The number of hydrogen-bond donors (Lipinski definition) is 2. The Balaban J connectivity index is 1.89. The quantitative estimate of drug-likeness (QED) is 0.435. The normalized spacial score (nSPS) is 14.8. The van der Waals surface area contributed by atoms with Crippen LogP contribution in [0.15, 0.2) is 102 Å². The predicted molar refractivity (Wildman–Crippen MR) is 148 cm³/mol. The summed E-state index contributed by atoms with van der Waals surface area (Å²) >= 11 is 0. The lowest BCUT2D eigenvalue weighted by Gasteiger charge is -2.36. The molecule has 0 aromatic heterocycles. The standard InChI is InChI=1S/C31H28N4O5/c1-19-13-15-20(16-14-19)18-34-29(36)22-11-7-8-12-24(22)35-27(31(38)40-3)26(30(37)39-2)25(23(17-32)28(35)33)21-9-5-4-6-10-21/h4-16,25H,18,33H2,1-3H3,(H,34,36). The van der Waals surface area contributed by atoms with Gasteiger partial charge in [0.25, 0.3) is 5.91 Å². The van der Waals surface area contributed by atoms with Gasteiger partial charge < -0.3 is 20.5 Å². The zero-order chi connectivity index (χ0) is 28.8. The van der Waals surface area contributed by atoms with Crippen molar-refractivity contribution in [2.24, 2.45) is 5.73 Å². The fraction of sp³-hybridized carbons (Fsp3) is 0.161. The lowest BCUT2D eigenvalue weighted by atomic mass is 9.80. The van der Waals surface area contributed by atoms with Crippen LogP contribution in [-0.4, -0.2) is 32.1 Å². The Morgan fingerprint density at radius 1 is 0.925 bits per heavy atom. The highest BCUT2D eigenvalue weighted by Crippen LogP contribution is 2.43. The van der Waals surface area contributed by atoms with Crippen molar-refractivity contribution in [3.8, 4) is 6.07 Å². The van der Waals surface area contributed by atoms with E-state index in [1.807, 2.05) is 31.2 Å². The van der Waals surface area contributed by atoms with Gasteiger partial charge in [-0.3, -0.25) is 9.69 Å². The number of anilines is 1. The van der Waals surface area contributed by atoms with Gasteiger partial charge in [0.2, 0.25) is 0 Å². The molecule has 0 saturated carbocycles. The molecule has 9 heteroatoms. The molecule has 202 valence electrons. The molecule has 0 aliphatic carbocycles. The molecule has 1 unspecified atom stereocenters. The Bertz CT molecular complexity index is 1550. The lowest BCUT2D eigenvalue weighted by Crippen LogP contribution is -2.41. The van der Waals surface area contributed by atoms with Crippen LogP contribution in [0.1, 0.15) is 33.0 Å². The molecule has 4 rings (SSSR count). The Hall–Kier alpha value is -5.36. The smallest absolute Gasteiger partial charge is 0.355 e. The predicted octanol–water partition coefficient (Wildman–Crippen LogP) is 3.82. The van der Waals surface area contributed by atoms with E-state index in [-0.39, 0.29) is 40.5 Å². The highest BCUT2D eigenvalue weighted by atomic mass is 16.5. The number of benzene rings is 3. The van der Waals surface area contributed by atoms with E-state index in [1.165, 1.54) is 19.1 Å². The molecular formula is C31H28N4O5. The van der Waals surface area contributed by atoms with Gasteiger partial charge in [-0.2, -0.15) is 5.26 Å². The Labute approximate surface area is 232 Å². The number of allylic oxidation sites excluding steroid dienone is 1. The van der Waals surface area contributed by atoms with Gasteiger partial charge in [0.05, 0.1) is 48.6 Å². The van der Waals surface area contributed by atoms with Crippen LogP contribution in [0.4, 0.5) is 5.69 Å². The third kappa shape index (κ3) is 5.28. The number of carbonyl (C=O) groups excluding carboxylic acids is 3. The number of carbonyl (C=O) groups is 3. The van der Waals surface area contributed by atoms with E-state index in [4.69, 9.17) is 15.2 Å². The van der Waals surface area contributed by atoms with Crippen molar-refractivity contribution >= 4 is 23.5 Å². The van der Waals surface area contributed by atoms with E-state index >= 15 is 0 Å². The molecule has 1 heterocycles. The minimum Gasteiger partial charge on any atom is -0.466 e. The average Bonchev–Trinajstić information content (AvgIpc) is 2.99. The van der Waals surface area contributed by atoms with Crippen LogP contribution in [0, 0.1) is 18.3 Å². The number of esters is 2. The third-order valence-corrected chi connectivity index (χ3v) is 6.57. The van der Waals surface area contributed by atoms with Gasteiger partial charge in [-0.25, -0.2) is 9.59 Å². The highest BCUT2D eigenvalue weighted by Gasteiger charge is 2.43. The Kier molecular flexibility index (Phi) is 8.30. The molecule has 0 radical (unpaired) electrons. The van der Waals surface area contributed by atoms with E-state index in [0.717, 1.165) is 11.1 Å². The minimum atomic E-state index is -1.01. The molecule has 3 aromatic rings. The van der Waals surface area contributed by atoms with Crippen molar-refractivity contribution in [2.45, 2.75) is 19.4 Å². The summed E-state index contributed by atoms with van der Waals surface area (Å²) in [6, 6.07) is 25.0. The molecule has 40 heavy (non-hydrogen) atoms. The van der Waals surface area contributed by atoms with Crippen molar-refractivity contribution in [3.05, 3.63) is 124 Å². The maximum Gasteiger partial charge on any atom is 0.355 e. The molecule has 0 fully saturated rings. The van der Waals surface area contributed by atoms with Crippen LogP contribution >= 0.6 is 0 Å². The van der Waals surface area contributed by atoms with Gasteiger partial charge in [0, 0.05) is 6.54 Å². The Morgan fingerprint density at radius 3 is 2.17 bits per heavy atom. The number of amides is 1. The topological polar surface area (TPSA) is 135 Å². The van der Waals surface area contributed by atoms with Gasteiger partial charge in [-0.05, 0) is 30.2 Å². The maximum absolute atomic E-state index is 13.4. The van der Waals surface area contributed by atoms with Gasteiger partial charge in [-0.1, -0.05) is 72.3 Å². The molecule has 3 N–H and O–H groups in total. The zero-order valence-corrected chi connectivity index (χ0v) is 22.3. The number of nitriles is 1. The number of nitrogens with one attached hydrogen (secondary N) is 1. The number of para-hydroxylation sites is 1. The largest absolute Gasteiger partial charge is 0.466 e. The van der Waals surface area contributed by atoms with Crippen molar-refractivity contribution < 1.29 is 23.9 Å². The van der Waals surface area contributed by atoms with Crippen LogP contribution in [0.3, 0.4) is 0 Å². The minimum absolute atomic E-state index is 0.00844. The van der Waals surface area contributed by atoms with Crippen LogP contribution in [0.5, 0.6) is 0 Å². The lowest BCUT2D eigenvalue weighted by molar-refractivity contribution is -0.139. The first-order valence-corrected chi connectivity index (χ1v) is 12.4.